The Morgan fingerprint density at radius 2 is 1.90 bits per heavy atom. The van der Waals surface area contributed by atoms with E-state index >= 15 is 0 Å². The summed E-state index contributed by atoms with van der Waals surface area (Å²) in [6.07, 6.45) is 6.49. The zero-order chi connectivity index (χ0) is 20.0. The lowest BCUT2D eigenvalue weighted by Crippen LogP contribution is -2.47. The topological polar surface area (TPSA) is 92.0 Å². The van der Waals surface area contributed by atoms with Crippen molar-refractivity contribution in [2.75, 3.05) is 11.9 Å². The Morgan fingerprint density at radius 3 is 2.52 bits per heavy atom. The maximum absolute atomic E-state index is 10.5. The highest BCUT2D eigenvalue weighted by atomic mass is 16.3. The largest absolute Gasteiger partial charge is 0.507 e. The Bertz CT molecular complexity index is 1000. The van der Waals surface area contributed by atoms with Crippen molar-refractivity contribution in [2.45, 2.75) is 50.7 Å². The van der Waals surface area contributed by atoms with Crippen molar-refractivity contribution in [1.82, 2.24) is 30.3 Å². The van der Waals surface area contributed by atoms with Gasteiger partial charge in [-0.05, 0) is 56.9 Å². The summed E-state index contributed by atoms with van der Waals surface area (Å²) >= 11 is 0. The number of hydrogen-bond donors (Lipinski definition) is 2. The molecule has 8 nitrogen and oxygen atoms in total. The average Bonchev–Trinajstić information content (AvgIpc) is 3.32. The van der Waals surface area contributed by atoms with Gasteiger partial charge >= 0.3 is 0 Å². The molecule has 0 amide bonds. The van der Waals surface area contributed by atoms with Gasteiger partial charge in [-0.15, -0.1) is 10.2 Å². The summed E-state index contributed by atoms with van der Waals surface area (Å²) in [5, 5.41) is 27.3. The Morgan fingerprint density at radius 1 is 1.10 bits per heavy atom. The predicted octanol–water partition coefficient (Wildman–Crippen LogP) is 2.46. The summed E-state index contributed by atoms with van der Waals surface area (Å²) in [6, 6.07) is 11.1. The summed E-state index contributed by atoms with van der Waals surface area (Å²) in [5.41, 5.74) is 2.04. The van der Waals surface area contributed by atoms with Crippen LogP contribution in [0, 0.1) is 6.92 Å². The van der Waals surface area contributed by atoms with Gasteiger partial charge in [0.2, 0.25) is 0 Å². The average molecular weight is 391 g/mol. The fourth-order valence-corrected chi connectivity index (χ4v) is 4.54. The van der Waals surface area contributed by atoms with Gasteiger partial charge in [0.05, 0.1) is 11.4 Å². The molecule has 2 aliphatic heterocycles. The minimum absolute atomic E-state index is 0.140. The van der Waals surface area contributed by atoms with E-state index in [1.54, 1.807) is 17.1 Å². The first kappa shape index (κ1) is 18.1. The molecule has 2 aromatic heterocycles. The van der Waals surface area contributed by atoms with Crippen LogP contribution < -0.4 is 10.2 Å². The number of benzene rings is 1. The third-order valence-electron chi connectivity index (χ3n) is 6.14. The number of aromatic nitrogens is 5. The van der Waals surface area contributed by atoms with Crippen LogP contribution in [0.15, 0.2) is 36.7 Å². The molecule has 2 aliphatic rings. The van der Waals surface area contributed by atoms with Crippen LogP contribution in [-0.2, 0) is 0 Å². The second kappa shape index (κ2) is 7.11. The van der Waals surface area contributed by atoms with Crippen LogP contribution in [0.2, 0.25) is 0 Å². The molecule has 2 N–H and O–H groups in total. The number of rotatable bonds is 4. The highest BCUT2D eigenvalue weighted by Gasteiger charge is 2.35. The van der Waals surface area contributed by atoms with Crippen molar-refractivity contribution in [3.8, 4) is 22.7 Å². The summed E-state index contributed by atoms with van der Waals surface area (Å²) in [4.78, 5) is 6.37. The summed E-state index contributed by atoms with van der Waals surface area (Å²) in [6.45, 7) is 1.83. The second-order valence-electron chi connectivity index (χ2n) is 8.09. The summed E-state index contributed by atoms with van der Waals surface area (Å²) < 4.78 is 1.63. The number of aryl methyl sites for hydroxylation is 1. The van der Waals surface area contributed by atoms with E-state index in [2.05, 4.69) is 37.5 Å². The maximum Gasteiger partial charge on any atom is 0.151 e. The Kier molecular flexibility index (Phi) is 4.43. The third kappa shape index (κ3) is 3.44. The zero-order valence-corrected chi connectivity index (χ0v) is 16.7. The van der Waals surface area contributed by atoms with E-state index in [1.165, 1.54) is 12.8 Å². The fraction of sp³-hybridized carbons (Fsp3) is 0.429. The van der Waals surface area contributed by atoms with Crippen molar-refractivity contribution >= 4 is 5.82 Å². The van der Waals surface area contributed by atoms with E-state index in [1.807, 2.05) is 31.2 Å². The molecule has 2 bridgehead atoms. The second-order valence-corrected chi connectivity index (χ2v) is 8.09. The molecule has 1 aromatic carbocycles. The summed E-state index contributed by atoms with van der Waals surface area (Å²) in [7, 11) is 2.10. The molecule has 150 valence electrons. The molecule has 5 rings (SSSR count). The number of fused-ring (bicyclic) bond motifs is 2. The molecule has 0 saturated carbocycles. The van der Waals surface area contributed by atoms with Gasteiger partial charge in [0.25, 0.3) is 0 Å². The molecule has 29 heavy (non-hydrogen) atoms. The van der Waals surface area contributed by atoms with E-state index in [4.69, 9.17) is 0 Å². The van der Waals surface area contributed by atoms with Gasteiger partial charge in [-0.2, -0.15) is 5.10 Å². The number of phenols is 1. The van der Waals surface area contributed by atoms with Gasteiger partial charge in [0, 0.05) is 36.8 Å². The molecule has 2 fully saturated rings. The Hall–Kier alpha value is -3.00. The molecular weight excluding hydrogens is 366 g/mol. The van der Waals surface area contributed by atoms with Crippen molar-refractivity contribution in [1.29, 1.82) is 0 Å². The molecule has 0 spiro atoms. The van der Waals surface area contributed by atoms with Crippen molar-refractivity contribution in [2.24, 2.45) is 0 Å². The lowest BCUT2D eigenvalue weighted by atomic mass is 9.98. The first-order valence-electron chi connectivity index (χ1n) is 10.1. The van der Waals surface area contributed by atoms with Crippen molar-refractivity contribution < 1.29 is 5.11 Å². The molecule has 8 heteroatoms. The van der Waals surface area contributed by atoms with Gasteiger partial charge in [-0.25, -0.2) is 9.67 Å². The summed E-state index contributed by atoms with van der Waals surface area (Å²) in [5.74, 6) is 1.69. The van der Waals surface area contributed by atoms with Crippen molar-refractivity contribution in [3.05, 3.63) is 42.5 Å². The van der Waals surface area contributed by atoms with E-state index < -0.39 is 0 Å². The zero-order valence-electron chi connectivity index (χ0n) is 16.7. The Labute approximate surface area is 169 Å². The van der Waals surface area contributed by atoms with Gasteiger partial charge in [0.15, 0.2) is 5.82 Å². The molecule has 3 aromatic rings. The SMILES string of the molecule is Cc1ncn(-c2ccc(-c3ccc(N(C)[C@@H]4C[C@H]5CC[C@@H](C4)N5)nn3)c(O)c2)n1. The van der Waals surface area contributed by atoms with Crippen LogP contribution >= 0.6 is 0 Å². The van der Waals surface area contributed by atoms with Crippen LogP contribution in [0.5, 0.6) is 5.75 Å². The van der Waals surface area contributed by atoms with Crippen LogP contribution in [0.3, 0.4) is 0 Å². The van der Waals surface area contributed by atoms with E-state index in [-0.39, 0.29) is 5.75 Å². The van der Waals surface area contributed by atoms with Gasteiger partial charge < -0.3 is 15.3 Å². The highest BCUT2D eigenvalue weighted by Crippen LogP contribution is 2.32. The van der Waals surface area contributed by atoms with Gasteiger partial charge in [0.1, 0.15) is 17.9 Å². The van der Waals surface area contributed by atoms with E-state index in [9.17, 15) is 5.11 Å². The number of piperidine rings is 1. The van der Waals surface area contributed by atoms with Crippen LogP contribution in [-0.4, -0.2) is 55.2 Å². The van der Waals surface area contributed by atoms with Crippen LogP contribution in [0.25, 0.3) is 16.9 Å². The molecule has 4 heterocycles. The molecule has 0 aliphatic carbocycles. The normalized spacial score (nSPS) is 23.3. The molecule has 0 unspecified atom stereocenters. The maximum atomic E-state index is 10.5. The standard InChI is InChI=1S/C21H25N7O/c1-13-22-12-28(26-13)16-5-6-18(20(29)11-16)19-7-8-21(25-24-19)27(2)17-9-14-3-4-15(10-17)23-14/h5-8,11-12,14-15,17,23,29H,3-4,9-10H2,1-2H3/t14-,15+,17-. The molecule has 0 radical (unpaired) electrons. The van der Waals surface area contributed by atoms with Gasteiger partial charge in [-0.3, -0.25) is 0 Å². The first-order chi connectivity index (χ1) is 14.1. The molecule has 2 saturated heterocycles. The number of phenolic OH excluding ortho intramolecular Hbond substituents is 1. The van der Waals surface area contributed by atoms with Crippen LogP contribution in [0.1, 0.15) is 31.5 Å². The number of nitrogens with one attached hydrogen (secondary N) is 1. The minimum atomic E-state index is 0.140. The number of hydrogen-bond acceptors (Lipinski definition) is 7. The predicted molar refractivity (Wildman–Crippen MR) is 110 cm³/mol. The number of aromatic hydroxyl groups is 1. The minimum Gasteiger partial charge on any atom is -0.507 e. The number of nitrogens with zero attached hydrogens (tertiary/aromatic N) is 6. The number of anilines is 1. The van der Waals surface area contributed by atoms with Gasteiger partial charge in [-0.1, -0.05) is 0 Å². The van der Waals surface area contributed by atoms with E-state index in [0.717, 1.165) is 24.3 Å². The monoisotopic (exact) mass is 391 g/mol. The lowest BCUT2D eigenvalue weighted by Gasteiger charge is -2.36. The first-order valence-corrected chi connectivity index (χ1v) is 10.1. The lowest BCUT2D eigenvalue weighted by molar-refractivity contribution is 0.353. The smallest absolute Gasteiger partial charge is 0.151 e. The highest BCUT2D eigenvalue weighted by molar-refractivity contribution is 5.69. The quantitative estimate of drug-likeness (QED) is 0.706. The Balaban J connectivity index is 1.34. The fourth-order valence-electron chi connectivity index (χ4n) is 4.54. The van der Waals surface area contributed by atoms with Crippen molar-refractivity contribution in [3.63, 3.8) is 0 Å². The van der Waals surface area contributed by atoms with E-state index in [0.29, 0.717) is 35.2 Å². The third-order valence-corrected chi connectivity index (χ3v) is 6.14. The molecular formula is C21H25N7O. The molecule has 3 atom stereocenters. The van der Waals surface area contributed by atoms with Crippen LogP contribution in [0.4, 0.5) is 5.82 Å².